The van der Waals surface area contributed by atoms with Crippen LogP contribution in [0.2, 0.25) is 0 Å². The van der Waals surface area contributed by atoms with E-state index in [1.54, 1.807) is 5.57 Å². The van der Waals surface area contributed by atoms with E-state index in [1.807, 2.05) is 0 Å². The van der Waals surface area contributed by atoms with Crippen molar-refractivity contribution in [3.8, 4) is 0 Å². The number of rotatable bonds is 4. The Morgan fingerprint density at radius 3 is 2.40 bits per heavy atom. The molecule has 170 valence electrons. The van der Waals surface area contributed by atoms with Crippen LogP contribution in [0.3, 0.4) is 0 Å². The van der Waals surface area contributed by atoms with E-state index in [-0.39, 0.29) is 0 Å². The molecule has 4 aliphatic carbocycles. The van der Waals surface area contributed by atoms with Gasteiger partial charge in [0.1, 0.15) is 0 Å². The fourth-order valence-electron chi connectivity index (χ4n) is 9.94. The van der Waals surface area contributed by atoms with E-state index >= 15 is 0 Å². The van der Waals surface area contributed by atoms with Gasteiger partial charge in [-0.25, -0.2) is 0 Å². The van der Waals surface area contributed by atoms with Crippen LogP contribution in [0.15, 0.2) is 23.3 Å². The highest BCUT2D eigenvalue weighted by molar-refractivity contribution is 5.24. The smallest absolute Gasteiger partial charge is 0.00854 e. The SMILES string of the molecule is CC(C)=CCC[C@H](C)[C@@H]1CC[C@]2(C)[C@@H]3CC[C@]4(C)C(C)=CCC[C@H]4[C@]3(C)CC[C@@]12C. The summed E-state index contributed by atoms with van der Waals surface area (Å²) in [4.78, 5) is 0. The number of hydrogen-bond donors (Lipinski definition) is 0. The predicted molar refractivity (Wildman–Crippen MR) is 131 cm³/mol. The van der Waals surface area contributed by atoms with Crippen LogP contribution < -0.4 is 0 Å². The Labute approximate surface area is 188 Å². The van der Waals surface area contributed by atoms with Gasteiger partial charge in [-0.15, -0.1) is 0 Å². The summed E-state index contributed by atoms with van der Waals surface area (Å²) in [6.07, 6.45) is 19.3. The Kier molecular flexibility index (Phi) is 5.68. The Balaban J connectivity index is 1.61. The van der Waals surface area contributed by atoms with E-state index in [2.05, 4.69) is 67.5 Å². The zero-order valence-corrected chi connectivity index (χ0v) is 21.5. The van der Waals surface area contributed by atoms with Crippen molar-refractivity contribution >= 4 is 0 Å². The van der Waals surface area contributed by atoms with Crippen molar-refractivity contribution < 1.29 is 0 Å². The maximum absolute atomic E-state index is 2.76. The molecule has 0 spiro atoms. The second kappa shape index (κ2) is 7.52. The van der Waals surface area contributed by atoms with Crippen LogP contribution in [-0.4, -0.2) is 0 Å². The third-order valence-electron chi connectivity index (χ3n) is 12.0. The predicted octanol–water partition coefficient (Wildman–Crippen LogP) is 9.36. The van der Waals surface area contributed by atoms with Gasteiger partial charge in [0.25, 0.3) is 0 Å². The van der Waals surface area contributed by atoms with Crippen molar-refractivity contribution in [3.05, 3.63) is 23.3 Å². The lowest BCUT2D eigenvalue weighted by molar-refractivity contribution is -0.181. The van der Waals surface area contributed by atoms with Gasteiger partial charge in [-0.05, 0) is 130 Å². The molecular formula is C30H50. The second-order valence-corrected chi connectivity index (χ2v) is 13.3. The first kappa shape index (κ1) is 22.7. The molecule has 0 heterocycles. The van der Waals surface area contributed by atoms with Crippen LogP contribution in [0.4, 0.5) is 0 Å². The van der Waals surface area contributed by atoms with Crippen molar-refractivity contribution in [1.29, 1.82) is 0 Å². The van der Waals surface area contributed by atoms with E-state index in [1.165, 1.54) is 69.8 Å². The lowest BCUT2D eigenvalue weighted by Gasteiger charge is -2.68. The van der Waals surface area contributed by atoms with E-state index in [9.17, 15) is 0 Å². The van der Waals surface area contributed by atoms with Gasteiger partial charge < -0.3 is 0 Å². The summed E-state index contributed by atoms with van der Waals surface area (Å²) in [6.45, 7) is 20.4. The van der Waals surface area contributed by atoms with Crippen LogP contribution in [0.5, 0.6) is 0 Å². The number of hydrogen-bond acceptors (Lipinski definition) is 0. The molecule has 30 heavy (non-hydrogen) atoms. The molecule has 8 atom stereocenters. The summed E-state index contributed by atoms with van der Waals surface area (Å²) in [5, 5.41) is 0. The monoisotopic (exact) mass is 410 g/mol. The number of allylic oxidation sites excluding steroid dienone is 4. The van der Waals surface area contributed by atoms with Crippen molar-refractivity contribution in [1.82, 2.24) is 0 Å². The molecule has 0 aromatic carbocycles. The molecule has 0 unspecified atom stereocenters. The quantitative estimate of drug-likeness (QED) is 0.405. The van der Waals surface area contributed by atoms with Crippen LogP contribution in [0.25, 0.3) is 0 Å². The minimum atomic E-state index is 0.475. The van der Waals surface area contributed by atoms with Gasteiger partial charge in [-0.1, -0.05) is 57.9 Å². The minimum absolute atomic E-state index is 0.475. The molecule has 0 heteroatoms. The van der Waals surface area contributed by atoms with Gasteiger partial charge in [-0.2, -0.15) is 0 Å². The summed E-state index contributed by atoms with van der Waals surface area (Å²) < 4.78 is 0. The first-order chi connectivity index (χ1) is 14.0. The topological polar surface area (TPSA) is 0 Å². The maximum Gasteiger partial charge on any atom is -0.00854 e. The summed E-state index contributed by atoms with van der Waals surface area (Å²) >= 11 is 0. The first-order valence-corrected chi connectivity index (χ1v) is 13.3. The normalized spacial score (nSPS) is 48.8. The van der Waals surface area contributed by atoms with Crippen molar-refractivity contribution in [3.63, 3.8) is 0 Å². The zero-order chi connectivity index (χ0) is 21.9. The molecule has 0 amide bonds. The summed E-state index contributed by atoms with van der Waals surface area (Å²) in [5.41, 5.74) is 5.33. The molecule has 4 rings (SSSR count). The first-order valence-electron chi connectivity index (χ1n) is 13.3. The van der Waals surface area contributed by atoms with Crippen LogP contribution in [-0.2, 0) is 0 Å². The summed E-state index contributed by atoms with van der Waals surface area (Å²) in [5.74, 6) is 3.64. The van der Waals surface area contributed by atoms with Gasteiger partial charge in [0.2, 0.25) is 0 Å². The van der Waals surface area contributed by atoms with Crippen molar-refractivity contribution in [2.45, 2.75) is 120 Å². The zero-order valence-electron chi connectivity index (χ0n) is 21.5. The molecule has 0 bridgehead atoms. The highest BCUT2D eigenvalue weighted by Crippen LogP contribution is 2.76. The summed E-state index contributed by atoms with van der Waals surface area (Å²) in [7, 11) is 0. The molecule has 0 aromatic rings. The van der Waals surface area contributed by atoms with Gasteiger partial charge >= 0.3 is 0 Å². The highest BCUT2D eigenvalue weighted by atomic mass is 14.7. The van der Waals surface area contributed by atoms with Crippen LogP contribution in [0, 0.1) is 45.3 Å². The van der Waals surface area contributed by atoms with E-state index in [0.29, 0.717) is 21.7 Å². The molecule has 0 aromatic heterocycles. The molecule has 4 aliphatic rings. The van der Waals surface area contributed by atoms with E-state index in [0.717, 1.165) is 23.7 Å². The largest absolute Gasteiger partial charge is 0.0859 e. The average Bonchev–Trinajstić information content (AvgIpc) is 2.94. The Hall–Kier alpha value is -0.520. The van der Waals surface area contributed by atoms with E-state index in [4.69, 9.17) is 0 Å². The van der Waals surface area contributed by atoms with Gasteiger partial charge in [0.05, 0.1) is 0 Å². The number of fused-ring (bicyclic) bond motifs is 5. The summed E-state index contributed by atoms with van der Waals surface area (Å²) in [6, 6.07) is 0. The molecule has 3 fully saturated rings. The Morgan fingerprint density at radius 1 is 0.967 bits per heavy atom. The lowest BCUT2D eigenvalue weighted by Crippen LogP contribution is -2.61. The lowest BCUT2D eigenvalue weighted by atomic mass is 9.36. The fraction of sp³-hybridized carbons (Fsp3) is 0.867. The van der Waals surface area contributed by atoms with Crippen molar-refractivity contribution in [2.24, 2.45) is 45.3 Å². The second-order valence-electron chi connectivity index (χ2n) is 13.3. The molecule has 0 saturated heterocycles. The maximum atomic E-state index is 2.76. The molecular weight excluding hydrogens is 360 g/mol. The highest BCUT2D eigenvalue weighted by Gasteiger charge is 2.68. The Bertz CT molecular complexity index is 722. The van der Waals surface area contributed by atoms with Gasteiger partial charge in [0, 0.05) is 0 Å². The van der Waals surface area contributed by atoms with Gasteiger partial charge in [0.15, 0.2) is 0 Å². The Morgan fingerprint density at radius 2 is 1.70 bits per heavy atom. The minimum Gasteiger partial charge on any atom is -0.0859 e. The molecule has 3 saturated carbocycles. The van der Waals surface area contributed by atoms with E-state index < -0.39 is 0 Å². The average molecular weight is 411 g/mol. The third-order valence-corrected chi connectivity index (χ3v) is 12.0. The molecule has 0 N–H and O–H groups in total. The molecule has 0 radical (unpaired) electrons. The third kappa shape index (κ3) is 3.05. The van der Waals surface area contributed by atoms with Crippen LogP contribution in [0.1, 0.15) is 120 Å². The molecule has 0 aliphatic heterocycles. The van der Waals surface area contributed by atoms with Crippen LogP contribution >= 0.6 is 0 Å². The molecule has 0 nitrogen and oxygen atoms in total. The van der Waals surface area contributed by atoms with Crippen molar-refractivity contribution in [2.75, 3.05) is 0 Å². The fourth-order valence-corrected chi connectivity index (χ4v) is 9.94. The van der Waals surface area contributed by atoms with Gasteiger partial charge in [-0.3, -0.25) is 0 Å². The standard InChI is InChI=1S/C30H50/c1-21(2)11-9-12-22(3)24-15-18-30(8)26-16-17-27(5)23(4)13-10-14-25(27)28(26,6)19-20-29(24,30)7/h11,13,22,24-26H,9-10,12,14-20H2,1-8H3/t22-,24-,25+,26+,27+,28-,29-,30+/m0/s1.